The fourth-order valence-electron chi connectivity index (χ4n) is 3.41. The summed E-state index contributed by atoms with van der Waals surface area (Å²) in [6.45, 7) is 2.64. The minimum absolute atomic E-state index is 0.0568. The van der Waals surface area contributed by atoms with Gasteiger partial charge >= 0.3 is 0 Å². The lowest BCUT2D eigenvalue weighted by Gasteiger charge is -2.37. The summed E-state index contributed by atoms with van der Waals surface area (Å²) in [5.74, 6) is -0.165. The van der Waals surface area contributed by atoms with Crippen LogP contribution in [0.4, 0.5) is 0 Å². The molecule has 1 aliphatic carbocycles. The summed E-state index contributed by atoms with van der Waals surface area (Å²) in [7, 11) is 0. The van der Waals surface area contributed by atoms with Crippen LogP contribution < -0.4 is 5.32 Å². The first-order valence-electron chi connectivity index (χ1n) is 8.28. The Morgan fingerprint density at radius 3 is 2.70 bits per heavy atom. The molecular weight excluding hydrogens is 306 g/mol. The van der Waals surface area contributed by atoms with Crippen molar-refractivity contribution in [3.8, 4) is 0 Å². The van der Waals surface area contributed by atoms with E-state index >= 15 is 0 Å². The highest BCUT2D eigenvalue weighted by Crippen LogP contribution is 2.41. The van der Waals surface area contributed by atoms with Gasteiger partial charge in [-0.1, -0.05) is 25.3 Å². The standard InChI is InChI=1S/C18H23N3OS/c1-14(15-10-19-13-20-11-15)17(22)21-12-18(7-3-2-4-8-18)16-6-5-9-23-16/h5-6,9-11,13-14H,2-4,7-8,12H2,1H3,(H,21,22)/t14-/m1/s1. The van der Waals surface area contributed by atoms with Crippen LogP contribution in [-0.2, 0) is 10.2 Å². The summed E-state index contributed by atoms with van der Waals surface area (Å²) in [6.07, 6.45) is 11.0. The lowest BCUT2D eigenvalue weighted by atomic mass is 9.73. The average molecular weight is 329 g/mol. The largest absolute Gasteiger partial charge is 0.355 e. The SMILES string of the molecule is C[C@@H](C(=O)NCC1(c2cccs2)CCCCC1)c1cncnc1. The van der Waals surface area contributed by atoms with E-state index in [2.05, 4.69) is 32.8 Å². The highest BCUT2D eigenvalue weighted by molar-refractivity contribution is 7.10. The lowest BCUT2D eigenvalue weighted by molar-refractivity contribution is -0.122. The minimum Gasteiger partial charge on any atom is -0.355 e. The van der Waals surface area contributed by atoms with Crippen LogP contribution in [0.25, 0.3) is 0 Å². The van der Waals surface area contributed by atoms with Gasteiger partial charge in [-0.05, 0) is 31.2 Å². The molecule has 0 radical (unpaired) electrons. The molecule has 2 aromatic rings. The smallest absolute Gasteiger partial charge is 0.227 e. The van der Waals surface area contributed by atoms with Gasteiger partial charge in [0.15, 0.2) is 0 Å². The van der Waals surface area contributed by atoms with Gasteiger partial charge < -0.3 is 5.32 Å². The van der Waals surface area contributed by atoms with Crippen molar-refractivity contribution in [1.82, 2.24) is 15.3 Å². The van der Waals surface area contributed by atoms with Gasteiger partial charge in [-0.3, -0.25) is 4.79 Å². The van der Waals surface area contributed by atoms with Crippen LogP contribution in [0, 0.1) is 0 Å². The van der Waals surface area contributed by atoms with E-state index < -0.39 is 0 Å². The highest BCUT2D eigenvalue weighted by atomic mass is 32.1. The van der Waals surface area contributed by atoms with Crippen LogP contribution in [0.1, 0.15) is 55.4 Å². The summed E-state index contributed by atoms with van der Waals surface area (Å²) in [6, 6.07) is 4.33. The van der Waals surface area contributed by atoms with Crippen molar-refractivity contribution in [2.24, 2.45) is 0 Å². The second-order valence-corrected chi connectivity index (χ2v) is 7.38. The highest BCUT2D eigenvalue weighted by Gasteiger charge is 2.35. The summed E-state index contributed by atoms with van der Waals surface area (Å²) >= 11 is 1.81. The molecule has 1 saturated carbocycles. The monoisotopic (exact) mass is 329 g/mol. The second kappa shape index (κ2) is 7.21. The van der Waals surface area contributed by atoms with Crippen LogP contribution >= 0.6 is 11.3 Å². The van der Waals surface area contributed by atoms with Crippen LogP contribution in [-0.4, -0.2) is 22.4 Å². The number of hydrogen-bond acceptors (Lipinski definition) is 4. The number of hydrogen-bond donors (Lipinski definition) is 1. The summed E-state index contributed by atoms with van der Waals surface area (Å²) in [4.78, 5) is 22.0. The zero-order chi connectivity index (χ0) is 16.1. The average Bonchev–Trinajstić information content (AvgIpc) is 3.16. The van der Waals surface area contributed by atoms with Gasteiger partial charge in [0.05, 0.1) is 5.92 Å². The van der Waals surface area contributed by atoms with E-state index in [9.17, 15) is 4.79 Å². The molecule has 23 heavy (non-hydrogen) atoms. The second-order valence-electron chi connectivity index (χ2n) is 6.43. The number of nitrogens with one attached hydrogen (secondary N) is 1. The van der Waals surface area contributed by atoms with Gasteiger partial charge in [-0.25, -0.2) is 9.97 Å². The van der Waals surface area contributed by atoms with Crippen molar-refractivity contribution in [1.29, 1.82) is 0 Å². The normalized spacial score (nSPS) is 18.3. The maximum atomic E-state index is 12.5. The lowest BCUT2D eigenvalue weighted by Crippen LogP contribution is -2.42. The van der Waals surface area contributed by atoms with Crippen LogP contribution in [0.2, 0.25) is 0 Å². The summed E-state index contributed by atoms with van der Waals surface area (Å²) in [5, 5.41) is 5.33. The molecule has 0 saturated heterocycles. The predicted octanol–water partition coefficient (Wildman–Crippen LogP) is 3.66. The zero-order valence-electron chi connectivity index (χ0n) is 13.5. The molecule has 122 valence electrons. The molecule has 4 nitrogen and oxygen atoms in total. The molecule has 1 fully saturated rings. The maximum absolute atomic E-state index is 12.5. The molecule has 0 bridgehead atoms. The van der Waals surface area contributed by atoms with Crippen molar-refractivity contribution < 1.29 is 4.79 Å². The Labute approximate surface area is 141 Å². The first kappa shape index (κ1) is 16.1. The fraction of sp³-hybridized carbons (Fsp3) is 0.500. The molecule has 5 heteroatoms. The molecule has 1 atom stereocenters. The van der Waals surface area contributed by atoms with E-state index in [1.54, 1.807) is 12.4 Å². The third-order valence-electron chi connectivity index (χ3n) is 4.93. The number of nitrogens with zero attached hydrogens (tertiary/aromatic N) is 2. The topological polar surface area (TPSA) is 54.9 Å². The predicted molar refractivity (Wildman–Crippen MR) is 92.5 cm³/mol. The summed E-state index contributed by atoms with van der Waals surface area (Å²) in [5.41, 5.74) is 0.980. The molecule has 0 unspecified atom stereocenters. The van der Waals surface area contributed by atoms with Gasteiger partial charge in [-0.2, -0.15) is 0 Å². The molecule has 0 spiro atoms. The van der Waals surface area contributed by atoms with Crippen LogP contribution in [0.5, 0.6) is 0 Å². The fourth-order valence-corrected chi connectivity index (χ4v) is 4.40. The Hall–Kier alpha value is -1.75. The molecule has 0 aliphatic heterocycles. The number of amides is 1. The molecule has 3 rings (SSSR count). The van der Waals surface area contributed by atoms with Crippen LogP contribution in [0.3, 0.4) is 0 Å². The Kier molecular flexibility index (Phi) is 5.06. The van der Waals surface area contributed by atoms with E-state index in [1.807, 2.05) is 18.3 Å². The first-order chi connectivity index (χ1) is 11.2. The van der Waals surface area contributed by atoms with E-state index in [0.717, 1.165) is 24.9 Å². The Balaban J connectivity index is 1.68. The van der Waals surface area contributed by atoms with Gasteiger partial charge in [-0.15, -0.1) is 11.3 Å². The van der Waals surface area contributed by atoms with Crippen molar-refractivity contribution in [2.75, 3.05) is 6.54 Å². The maximum Gasteiger partial charge on any atom is 0.227 e. The van der Waals surface area contributed by atoms with Crippen LogP contribution in [0.15, 0.2) is 36.2 Å². The molecule has 2 aromatic heterocycles. The Morgan fingerprint density at radius 1 is 1.30 bits per heavy atom. The number of carbonyl (C=O) groups is 1. The molecular formula is C18H23N3OS. The van der Waals surface area contributed by atoms with E-state index in [4.69, 9.17) is 0 Å². The number of aromatic nitrogens is 2. The first-order valence-corrected chi connectivity index (χ1v) is 9.16. The quantitative estimate of drug-likeness (QED) is 0.911. The Morgan fingerprint density at radius 2 is 2.04 bits per heavy atom. The van der Waals surface area contributed by atoms with Gasteiger partial charge in [0.2, 0.25) is 5.91 Å². The summed E-state index contributed by atoms with van der Waals surface area (Å²) < 4.78 is 0. The van der Waals surface area contributed by atoms with Gasteiger partial charge in [0.1, 0.15) is 6.33 Å². The van der Waals surface area contributed by atoms with E-state index in [1.165, 1.54) is 30.5 Å². The van der Waals surface area contributed by atoms with Gasteiger partial charge in [0, 0.05) is 34.8 Å². The molecule has 1 aliphatic rings. The number of rotatable bonds is 5. The van der Waals surface area contributed by atoms with E-state index in [0.29, 0.717) is 0 Å². The molecule has 1 N–H and O–H groups in total. The number of thiophene rings is 1. The Bertz CT molecular complexity index is 621. The number of carbonyl (C=O) groups excluding carboxylic acids is 1. The van der Waals surface area contributed by atoms with Gasteiger partial charge in [0.25, 0.3) is 0 Å². The van der Waals surface area contributed by atoms with Crippen molar-refractivity contribution in [3.63, 3.8) is 0 Å². The van der Waals surface area contributed by atoms with Crippen molar-refractivity contribution >= 4 is 17.2 Å². The zero-order valence-corrected chi connectivity index (χ0v) is 14.3. The molecule has 2 heterocycles. The molecule has 0 aromatic carbocycles. The van der Waals surface area contributed by atoms with Crippen molar-refractivity contribution in [3.05, 3.63) is 46.7 Å². The third-order valence-corrected chi connectivity index (χ3v) is 6.05. The molecule has 1 amide bonds. The van der Waals surface area contributed by atoms with Crippen molar-refractivity contribution in [2.45, 2.75) is 50.4 Å². The van der Waals surface area contributed by atoms with E-state index in [-0.39, 0.29) is 17.2 Å². The third kappa shape index (κ3) is 3.61. The minimum atomic E-state index is -0.222.